The van der Waals surface area contributed by atoms with Crippen molar-refractivity contribution in [2.45, 2.75) is 45.6 Å². The van der Waals surface area contributed by atoms with E-state index in [1.165, 1.54) is 24.8 Å². The Balaban J connectivity index is 1.34. The first kappa shape index (κ1) is 26.3. The molecule has 1 amide bonds. The van der Waals surface area contributed by atoms with Crippen LogP contribution in [-0.4, -0.2) is 57.0 Å². The van der Waals surface area contributed by atoms with E-state index in [9.17, 15) is 13.2 Å². The number of nitrogens with zero attached hydrogens (tertiary/aromatic N) is 3. The van der Waals surface area contributed by atoms with Crippen LogP contribution >= 0.6 is 0 Å². The van der Waals surface area contributed by atoms with Crippen molar-refractivity contribution < 1.29 is 17.6 Å². The van der Waals surface area contributed by atoms with Crippen LogP contribution in [0.2, 0.25) is 0 Å². The standard InChI is InChI=1S/C29H36N4O4S/c1-21-6-9-24(25(18-21)32-12-4-3-5-13-32)29(26-10-7-22(2)37-26)31-28(34)19-23-8-11-27(30-20-23)33-14-16-38(35,36)17-15-33/h6-11,18,20,29H,3-5,12-17,19H2,1-2H3,(H,31,34). The Bertz CT molecular complexity index is 1360. The summed E-state index contributed by atoms with van der Waals surface area (Å²) in [6.45, 7) is 6.91. The summed E-state index contributed by atoms with van der Waals surface area (Å²) in [5.74, 6) is 2.42. The van der Waals surface area contributed by atoms with E-state index in [4.69, 9.17) is 4.42 Å². The number of piperidine rings is 1. The van der Waals surface area contributed by atoms with E-state index >= 15 is 0 Å². The van der Waals surface area contributed by atoms with Gasteiger partial charge < -0.3 is 19.5 Å². The molecule has 1 unspecified atom stereocenters. The summed E-state index contributed by atoms with van der Waals surface area (Å²) in [5.41, 5.74) is 4.17. The van der Waals surface area contributed by atoms with E-state index in [0.717, 1.165) is 41.5 Å². The number of carbonyl (C=O) groups excluding carboxylic acids is 1. The molecule has 2 aliphatic rings. The molecule has 0 radical (unpaired) electrons. The first-order valence-corrected chi connectivity index (χ1v) is 15.2. The first-order valence-electron chi connectivity index (χ1n) is 13.4. The molecule has 2 aromatic heterocycles. The van der Waals surface area contributed by atoms with Gasteiger partial charge in [0.25, 0.3) is 0 Å². The average molecular weight is 537 g/mol. The number of benzene rings is 1. The second-order valence-electron chi connectivity index (χ2n) is 10.4. The first-order chi connectivity index (χ1) is 18.3. The molecule has 0 aliphatic carbocycles. The van der Waals surface area contributed by atoms with Crippen molar-refractivity contribution in [2.75, 3.05) is 47.5 Å². The number of aryl methyl sites for hydroxylation is 2. The van der Waals surface area contributed by atoms with E-state index in [2.05, 4.69) is 40.3 Å². The molecule has 1 aromatic carbocycles. The van der Waals surface area contributed by atoms with Crippen LogP contribution in [0.5, 0.6) is 0 Å². The Kier molecular flexibility index (Phi) is 7.74. The summed E-state index contributed by atoms with van der Waals surface area (Å²) in [4.78, 5) is 22.2. The molecule has 0 saturated carbocycles. The van der Waals surface area contributed by atoms with Gasteiger partial charge in [-0.1, -0.05) is 18.2 Å². The van der Waals surface area contributed by atoms with Crippen molar-refractivity contribution in [3.63, 3.8) is 0 Å². The monoisotopic (exact) mass is 536 g/mol. The predicted molar refractivity (Wildman–Crippen MR) is 149 cm³/mol. The number of amides is 1. The summed E-state index contributed by atoms with van der Waals surface area (Å²) >= 11 is 0. The Morgan fingerprint density at radius 1 is 0.974 bits per heavy atom. The van der Waals surface area contributed by atoms with E-state index < -0.39 is 15.9 Å². The van der Waals surface area contributed by atoms with E-state index in [-0.39, 0.29) is 23.8 Å². The van der Waals surface area contributed by atoms with Crippen LogP contribution in [0, 0.1) is 13.8 Å². The number of nitrogens with one attached hydrogen (secondary N) is 1. The smallest absolute Gasteiger partial charge is 0.225 e. The second kappa shape index (κ2) is 11.2. The Morgan fingerprint density at radius 3 is 2.39 bits per heavy atom. The number of pyridine rings is 1. The lowest BCUT2D eigenvalue weighted by Crippen LogP contribution is -2.40. The minimum Gasteiger partial charge on any atom is -0.464 e. The predicted octanol–water partition coefficient (Wildman–Crippen LogP) is 3.96. The van der Waals surface area contributed by atoms with Crippen molar-refractivity contribution in [1.82, 2.24) is 10.3 Å². The fraction of sp³-hybridized carbons (Fsp3) is 0.448. The molecular weight excluding hydrogens is 500 g/mol. The molecule has 0 bridgehead atoms. The summed E-state index contributed by atoms with van der Waals surface area (Å²) in [6, 6.07) is 13.6. The van der Waals surface area contributed by atoms with E-state index in [0.29, 0.717) is 18.8 Å². The van der Waals surface area contributed by atoms with Crippen LogP contribution in [0.4, 0.5) is 11.5 Å². The Labute approximate surface area is 225 Å². The van der Waals surface area contributed by atoms with Crippen LogP contribution in [0.25, 0.3) is 0 Å². The van der Waals surface area contributed by atoms with Crippen LogP contribution in [-0.2, 0) is 21.1 Å². The molecule has 202 valence electrons. The zero-order chi connectivity index (χ0) is 26.7. The highest BCUT2D eigenvalue weighted by molar-refractivity contribution is 7.91. The molecule has 38 heavy (non-hydrogen) atoms. The third-order valence-electron chi connectivity index (χ3n) is 7.39. The van der Waals surface area contributed by atoms with E-state index in [1.807, 2.05) is 36.1 Å². The Hall–Kier alpha value is -3.33. The van der Waals surface area contributed by atoms with E-state index in [1.54, 1.807) is 6.20 Å². The molecule has 5 rings (SSSR count). The number of furan rings is 1. The lowest BCUT2D eigenvalue weighted by molar-refractivity contribution is -0.121. The van der Waals surface area contributed by atoms with Crippen molar-refractivity contribution in [3.05, 3.63) is 76.9 Å². The van der Waals surface area contributed by atoms with Gasteiger partial charge in [0.05, 0.1) is 17.9 Å². The molecule has 9 heteroatoms. The summed E-state index contributed by atoms with van der Waals surface area (Å²) < 4.78 is 29.5. The second-order valence-corrected chi connectivity index (χ2v) is 12.7. The molecule has 1 N–H and O–H groups in total. The molecular formula is C29H36N4O4S. The molecule has 2 aliphatic heterocycles. The number of hydrogen-bond acceptors (Lipinski definition) is 7. The van der Waals surface area contributed by atoms with Crippen molar-refractivity contribution >= 4 is 27.2 Å². The normalized spacial score (nSPS) is 18.3. The quantitative estimate of drug-likeness (QED) is 0.488. The minimum atomic E-state index is -2.95. The van der Waals surface area contributed by atoms with Gasteiger partial charge in [-0.2, -0.15) is 0 Å². The lowest BCUT2D eigenvalue weighted by Gasteiger charge is -2.32. The van der Waals surface area contributed by atoms with Crippen LogP contribution < -0.4 is 15.1 Å². The van der Waals surface area contributed by atoms with Gasteiger partial charge in [0, 0.05) is 43.6 Å². The third-order valence-corrected chi connectivity index (χ3v) is 9.00. The van der Waals surface area contributed by atoms with Gasteiger partial charge >= 0.3 is 0 Å². The highest BCUT2D eigenvalue weighted by Gasteiger charge is 2.26. The number of sulfone groups is 1. The number of aromatic nitrogens is 1. The van der Waals surface area contributed by atoms with Crippen LogP contribution in [0.3, 0.4) is 0 Å². The minimum absolute atomic E-state index is 0.118. The molecule has 4 heterocycles. The number of anilines is 2. The number of carbonyl (C=O) groups is 1. The highest BCUT2D eigenvalue weighted by atomic mass is 32.2. The van der Waals surface area contributed by atoms with Crippen molar-refractivity contribution in [1.29, 1.82) is 0 Å². The van der Waals surface area contributed by atoms with Gasteiger partial charge in [0.2, 0.25) is 5.91 Å². The summed E-state index contributed by atoms with van der Waals surface area (Å²) in [5, 5.41) is 3.23. The summed E-state index contributed by atoms with van der Waals surface area (Å²) in [6.07, 6.45) is 5.47. The van der Waals surface area contributed by atoms with Crippen molar-refractivity contribution in [2.24, 2.45) is 0 Å². The van der Waals surface area contributed by atoms with Gasteiger partial charge in [0.15, 0.2) is 9.84 Å². The molecule has 8 nitrogen and oxygen atoms in total. The fourth-order valence-electron chi connectivity index (χ4n) is 5.26. The van der Waals surface area contributed by atoms with Gasteiger partial charge in [-0.15, -0.1) is 0 Å². The molecule has 1 atom stereocenters. The molecule has 2 saturated heterocycles. The van der Waals surface area contributed by atoms with Gasteiger partial charge in [-0.3, -0.25) is 4.79 Å². The third kappa shape index (κ3) is 6.20. The zero-order valence-electron chi connectivity index (χ0n) is 22.2. The number of hydrogen-bond donors (Lipinski definition) is 1. The topological polar surface area (TPSA) is 95.8 Å². The maximum absolute atomic E-state index is 13.3. The highest BCUT2D eigenvalue weighted by Crippen LogP contribution is 2.34. The largest absolute Gasteiger partial charge is 0.464 e. The van der Waals surface area contributed by atoms with Crippen LogP contribution in [0.15, 0.2) is 53.1 Å². The van der Waals surface area contributed by atoms with Gasteiger partial charge in [0.1, 0.15) is 23.4 Å². The zero-order valence-corrected chi connectivity index (χ0v) is 23.0. The fourth-order valence-corrected chi connectivity index (χ4v) is 6.47. The Morgan fingerprint density at radius 2 is 1.74 bits per heavy atom. The average Bonchev–Trinajstić information content (AvgIpc) is 3.34. The lowest BCUT2D eigenvalue weighted by atomic mass is 9.97. The molecule has 0 spiro atoms. The van der Waals surface area contributed by atoms with Crippen LogP contribution in [0.1, 0.15) is 53.5 Å². The SMILES string of the molecule is Cc1ccc(C(NC(=O)Cc2ccc(N3CCS(=O)(=O)CC3)nc2)c2ccc(C)o2)c(N2CCCCC2)c1. The maximum Gasteiger partial charge on any atom is 0.225 e. The maximum atomic E-state index is 13.3. The number of rotatable bonds is 7. The summed E-state index contributed by atoms with van der Waals surface area (Å²) in [7, 11) is -2.95. The van der Waals surface area contributed by atoms with Gasteiger partial charge in [-0.25, -0.2) is 13.4 Å². The van der Waals surface area contributed by atoms with Crippen molar-refractivity contribution in [3.8, 4) is 0 Å². The van der Waals surface area contributed by atoms with Gasteiger partial charge in [-0.05, 0) is 68.5 Å². The molecule has 3 aromatic rings. The molecule has 2 fully saturated rings.